The minimum Gasteiger partial charge on any atom is -0.394 e. The maximum atomic E-state index is 10.8. The zero-order valence-electron chi connectivity index (χ0n) is 10.9. The number of nitrogens with zero attached hydrogens (tertiary/aromatic N) is 2. The summed E-state index contributed by atoms with van der Waals surface area (Å²) in [5.74, 6) is 0. The van der Waals surface area contributed by atoms with Crippen LogP contribution in [0.4, 0.5) is 11.4 Å². The first-order valence-corrected chi connectivity index (χ1v) is 5.87. The number of halogens is 1. The van der Waals surface area contributed by atoms with Gasteiger partial charge in [-0.15, -0.1) is 0 Å². The van der Waals surface area contributed by atoms with Crippen molar-refractivity contribution in [2.75, 3.05) is 18.6 Å². The summed E-state index contributed by atoms with van der Waals surface area (Å²) < 4.78 is 0. The second-order valence-corrected chi connectivity index (χ2v) is 5.28. The lowest BCUT2D eigenvalue weighted by atomic mass is 10.0. The first-order valence-electron chi connectivity index (χ1n) is 5.50. The van der Waals surface area contributed by atoms with Gasteiger partial charge in [0.1, 0.15) is 5.02 Å². The Morgan fingerprint density at radius 3 is 2.50 bits per heavy atom. The largest absolute Gasteiger partial charge is 0.394 e. The van der Waals surface area contributed by atoms with Crippen LogP contribution in [0.25, 0.3) is 0 Å². The van der Waals surface area contributed by atoms with E-state index in [1.54, 1.807) is 13.0 Å². The zero-order valence-corrected chi connectivity index (χ0v) is 11.7. The zero-order chi connectivity index (χ0) is 14.1. The van der Waals surface area contributed by atoms with Crippen molar-refractivity contribution >= 4 is 23.0 Å². The minimum absolute atomic E-state index is 0.0302. The number of nitro groups is 1. The molecule has 0 heterocycles. The number of hydrogen-bond acceptors (Lipinski definition) is 4. The van der Waals surface area contributed by atoms with Crippen LogP contribution in [-0.2, 0) is 0 Å². The van der Waals surface area contributed by atoms with Crippen molar-refractivity contribution < 1.29 is 10.0 Å². The van der Waals surface area contributed by atoms with Crippen LogP contribution in [0.3, 0.4) is 0 Å². The lowest BCUT2D eigenvalue weighted by Gasteiger charge is -2.36. The Hall–Kier alpha value is -1.33. The molecule has 1 aromatic carbocycles. The molecular formula is C12H17ClN2O3. The first kappa shape index (κ1) is 14.7. The topological polar surface area (TPSA) is 66.6 Å². The van der Waals surface area contributed by atoms with E-state index in [0.717, 1.165) is 11.3 Å². The van der Waals surface area contributed by atoms with E-state index < -0.39 is 10.5 Å². The third-order valence-corrected chi connectivity index (χ3v) is 3.42. The van der Waals surface area contributed by atoms with E-state index in [1.807, 2.05) is 25.8 Å². The molecule has 0 aliphatic carbocycles. The van der Waals surface area contributed by atoms with Gasteiger partial charge in [-0.3, -0.25) is 10.1 Å². The highest BCUT2D eigenvalue weighted by Crippen LogP contribution is 2.34. The number of aryl methyl sites for hydroxylation is 1. The molecule has 1 aromatic rings. The molecule has 18 heavy (non-hydrogen) atoms. The number of likely N-dealkylation sites (N-methyl/N-ethyl adjacent to an activating group) is 1. The second-order valence-electron chi connectivity index (χ2n) is 4.88. The highest BCUT2D eigenvalue weighted by molar-refractivity contribution is 6.33. The molecule has 1 rings (SSSR count). The van der Waals surface area contributed by atoms with Crippen molar-refractivity contribution in [2.24, 2.45) is 0 Å². The molecule has 100 valence electrons. The number of aliphatic hydroxyl groups excluding tert-OH is 1. The number of rotatable bonds is 4. The van der Waals surface area contributed by atoms with Crippen molar-refractivity contribution in [3.63, 3.8) is 0 Å². The molecule has 0 radical (unpaired) electrons. The van der Waals surface area contributed by atoms with E-state index in [9.17, 15) is 15.2 Å². The van der Waals surface area contributed by atoms with Gasteiger partial charge < -0.3 is 10.0 Å². The Labute approximate surface area is 111 Å². The molecule has 0 aliphatic rings. The van der Waals surface area contributed by atoms with Crippen LogP contribution < -0.4 is 4.90 Å². The van der Waals surface area contributed by atoms with Gasteiger partial charge in [-0.25, -0.2) is 0 Å². The summed E-state index contributed by atoms with van der Waals surface area (Å²) in [6.45, 7) is 5.50. The van der Waals surface area contributed by atoms with Crippen LogP contribution in [0.2, 0.25) is 5.02 Å². The fraction of sp³-hybridized carbons (Fsp3) is 0.500. The fourth-order valence-corrected chi connectivity index (χ4v) is 1.82. The molecule has 0 atom stereocenters. The van der Waals surface area contributed by atoms with Gasteiger partial charge in [0.25, 0.3) is 5.69 Å². The molecule has 0 fully saturated rings. The summed E-state index contributed by atoms with van der Waals surface area (Å²) in [7, 11) is 1.82. The van der Waals surface area contributed by atoms with Crippen LogP contribution in [0.1, 0.15) is 19.4 Å². The number of anilines is 1. The van der Waals surface area contributed by atoms with E-state index in [2.05, 4.69) is 0 Å². The van der Waals surface area contributed by atoms with Gasteiger partial charge in [0, 0.05) is 18.8 Å². The highest BCUT2D eigenvalue weighted by Gasteiger charge is 2.26. The average molecular weight is 273 g/mol. The van der Waals surface area contributed by atoms with Gasteiger partial charge in [-0.1, -0.05) is 11.6 Å². The third-order valence-electron chi connectivity index (χ3n) is 3.12. The first-order chi connectivity index (χ1) is 8.20. The van der Waals surface area contributed by atoms with Crippen LogP contribution >= 0.6 is 11.6 Å². The van der Waals surface area contributed by atoms with E-state index in [4.69, 9.17) is 11.6 Å². The maximum Gasteiger partial charge on any atom is 0.288 e. The van der Waals surface area contributed by atoms with Crippen LogP contribution in [0.5, 0.6) is 0 Å². The number of aliphatic hydroxyl groups is 1. The average Bonchev–Trinajstić information content (AvgIpc) is 2.30. The summed E-state index contributed by atoms with van der Waals surface area (Å²) in [5.41, 5.74) is 0.942. The van der Waals surface area contributed by atoms with Crippen LogP contribution in [0.15, 0.2) is 12.1 Å². The van der Waals surface area contributed by atoms with E-state index >= 15 is 0 Å². The molecule has 0 amide bonds. The molecule has 1 N–H and O–H groups in total. The lowest BCUT2D eigenvalue weighted by molar-refractivity contribution is -0.384. The summed E-state index contributed by atoms with van der Waals surface area (Å²) in [5, 5.41) is 20.2. The number of hydrogen-bond donors (Lipinski definition) is 1. The molecule has 0 saturated heterocycles. The maximum absolute atomic E-state index is 10.8. The second kappa shape index (κ2) is 5.12. The normalized spacial score (nSPS) is 11.4. The summed E-state index contributed by atoms with van der Waals surface area (Å²) >= 11 is 5.90. The number of nitro benzene ring substituents is 1. The molecule has 0 unspecified atom stereocenters. The van der Waals surface area contributed by atoms with Crippen LogP contribution in [-0.4, -0.2) is 29.2 Å². The Balaban J connectivity index is 3.28. The van der Waals surface area contributed by atoms with Gasteiger partial charge in [0.05, 0.1) is 17.1 Å². The van der Waals surface area contributed by atoms with Gasteiger partial charge in [0.2, 0.25) is 0 Å². The summed E-state index contributed by atoms with van der Waals surface area (Å²) in [6, 6.07) is 3.01. The van der Waals surface area contributed by atoms with Crippen molar-refractivity contribution in [1.29, 1.82) is 0 Å². The quantitative estimate of drug-likeness (QED) is 0.676. The molecule has 0 saturated carbocycles. The van der Waals surface area contributed by atoms with E-state index in [0.29, 0.717) is 0 Å². The minimum atomic E-state index is -0.504. The van der Waals surface area contributed by atoms with Crippen LogP contribution in [0, 0.1) is 17.0 Å². The predicted molar refractivity (Wildman–Crippen MR) is 72.4 cm³/mol. The summed E-state index contributed by atoms with van der Waals surface area (Å²) in [6.07, 6.45) is 0. The summed E-state index contributed by atoms with van der Waals surface area (Å²) in [4.78, 5) is 12.1. The molecule has 6 heteroatoms. The van der Waals surface area contributed by atoms with Crippen molar-refractivity contribution in [3.05, 3.63) is 32.8 Å². The Morgan fingerprint density at radius 1 is 1.50 bits per heavy atom. The Morgan fingerprint density at radius 2 is 2.06 bits per heavy atom. The van der Waals surface area contributed by atoms with Crippen molar-refractivity contribution in [3.8, 4) is 0 Å². The lowest BCUT2D eigenvalue weighted by Crippen LogP contribution is -2.44. The van der Waals surface area contributed by atoms with Gasteiger partial charge in [0.15, 0.2) is 0 Å². The molecule has 0 spiro atoms. The van der Waals surface area contributed by atoms with Crippen molar-refractivity contribution in [2.45, 2.75) is 26.3 Å². The van der Waals surface area contributed by atoms with Gasteiger partial charge >= 0.3 is 0 Å². The van der Waals surface area contributed by atoms with Gasteiger partial charge in [-0.2, -0.15) is 0 Å². The van der Waals surface area contributed by atoms with Gasteiger partial charge in [-0.05, 0) is 32.4 Å². The highest BCUT2D eigenvalue weighted by atomic mass is 35.5. The molecule has 5 nitrogen and oxygen atoms in total. The standard InChI is InChI=1S/C12H17ClN2O3/c1-8-5-11(15(17)18)9(13)6-10(8)14(4)12(2,3)7-16/h5-6,16H,7H2,1-4H3. The predicted octanol–water partition coefficient (Wildman–Crippen LogP) is 2.76. The third kappa shape index (κ3) is 2.73. The molecular weight excluding hydrogens is 256 g/mol. The smallest absolute Gasteiger partial charge is 0.288 e. The number of benzene rings is 1. The van der Waals surface area contributed by atoms with E-state index in [1.165, 1.54) is 6.07 Å². The van der Waals surface area contributed by atoms with Crippen molar-refractivity contribution in [1.82, 2.24) is 0 Å². The SMILES string of the molecule is Cc1cc([N+](=O)[O-])c(Cl)cc1N(C)C(C)(C)CO. The molecule has 0 aromatic heterocycles. The molecule has 0 aliphatic heterocycles. The Kier molecular flexibility index (Phi) is 4.19. The monoisotopic (exact) mass is 272 g/mol. The van der Waals surface area contributed by atoms with E-state index in [-0.39, 0.29) is 17.3 Å². The fourth-order valence-electron chi connectivity index (χ4n) is 1.59. The molecule has 0 bridgehead atoms. The Bertz CT molecular complexity index is 475.